The van der Waals surface area contributed by atoms with Gasteiger partial charge in [0.1, 0.15) is 6.61 Å². The molecular weight excluding hydrogens is 286 g/mol. The van der Waals surface area contributed by atoms with Crippen LogP contribution in [0.2, 0.25) is 5.02 Å². The van der Waals surface area contributed by atoms with Gasteiger partial charge < -0.3 is 10.5 Å². The van der Waals surface area contributed by atoms with Gasteiger partial charge in [-0.2, -0.15) is 0 Å². The smallest absolute Gasteiger partial charge is 0.309 e. The minimum atomic E-state index is -0.136. The summed E-state index contributed by atoms with van der Waals surface area (Å²) in [5.74, 6) is 0.0835. The molecule has 1 aliphatic rings. The first kappa shape index (κ1) is 16.3. The fourth-order valence-corrected chi connectivity index (χ4v) is 3.37. The summed E-state index contributed by atoms with van der Waals surface area (Å²) in [5, 5.41) is 0.654. The lowest BCUT2D eigenvalue weighted by atomic mass is 9.61. The largest absolute Gasteiger partial charge is 0.461 e. The van der Waals surface area contributed by atoms with E-state index in [-0.39, 0.29) is 30.0 Å². The normalized spacial score (nSPS) is 28.1. The molecule has 3 nitrogen and oxygen atoms in total. The molecule has 0 radical (unpaired) electrons. The zero-order valence-electron chi connectivity index (χ0n) is 12.9. The number of rotatable bonds is 3. The zero-order chi connectivity index (χ0) is 15.6. The Morgan fingerprint density at radius 2 is 2.14 bits per heavy atom. The molecule has 2 N–H and O–H groups in total. The second-order valence-corrected chi connectivity index (χ2v) is 7.08. The van der Waals surface area contributed by atoms with Gasteiger partial charge in [0, 0.05) is 11.1 Å². The third-order valence-electron chi connectivity index (χ3n) is 5.06. The second kappa shape index (κ2) is 6.37. The van der Waals surface area contributed by atoms with Gasteiger partial charge in [-0.25, -0.2) is 0 Å². The highest BCUT2D eigenvalue weighted by atomic mass is 35.5. The summed E-state index contributed by atoms with van der Waals surface area (Å²) in [4.78, 5) is 12.4. The van der Waals surface area contributed by atoms with Gasteiger partial charge in [0.2, 0.25) is 0 Å². The molecule has 21 heavy (non-hydrogen) atoms. The summed E-state index contributed by atoms with van der Waals surface area (Å²) in [6.07, 6.45) is 1.68. The van der Waals surface area contributed by atoms with Crippen molar-refractivity contribution < 1.29 is 9.53 Å². The summed E-state index contributed by atoms with van der Waals surface area (Å²) < 4.78 is 5.50. The summed E-state index contributed by atoms with van der Waals surface area (Å²) in [5.41, 5.74) is 6.91. The van der Waals surface area contributed by atoms with E-state index in [0.717, 1.165) is 18.4 Å². The van der Waals surface area contributed by atoms with E-state index in [1.165, 1.54) is 0 Å². The van der Waals surface area contributed by atoms with Crippen LogP contribution in [0.15, 0.2) is 24.3 Å². The van der Waals surface area contributed by atoms with E-state index in [9.17, 15) is 4.79 Å². The van der Waals surface area contributed by atoms with Crippen LogP contribution in [-0.2, 0) is 16.1 Å². The third kappa shape index (κ3) is 3.58. The van der Waals surface area contributed by atoms with Crippen LogP contribution in [0.3, 0.4) is 0 Å². The predicted molar refractivity (Wildman–Crippen MR) is 84.9 cm³/mol. The van der Waals surface area contributed by atoms with E-state index in [0.29, 0.717) is 10.9 Å². The third-order valence-corrected chi connectivity index (χ3v) is 5.29. The van der Waals surface area contributed by atoms with Crippen molar-refractivity contribution in [2.75, 3.05) is 0 Å². The first-order valence-electron chi connectivity index (χ1n) is 7.49. The summed E-state index contributed by atoms with van der Waals surface area (Å²) in [6.45, 7) is 6.62. The molecule has 1 aliphatic carbocycles. The molecule has 3 atom stereocenters. The van der Waals surface area contributed by atoms with E-state index in [2.05, 4.69) is 20.8 Å². The minimum absolute atomic E-state index is 0.0912. The Morgan fingerprint density at radius 3 is 2.81 bits per heavy atom. The van der Waals surface area contributed by atoms with E-state index < -0.39 is 0 Å². The van der Waals surface area contributed by atoms with Crippen LogP contribution in [0, 0.1) is 17.3 Å². The van der Waals surface area contributed by atoms with Gasteiger partial charge >= 0.3 is 5.97 Å². The number of benzene rings is 1. The van der Waals surface area contributed by atoms with E-state index in [1.54, 1.807) is 6.07 Å². The number of hydrogen-bond acceptors (Lipinski definition) is 3. The zero-order valence-corrected chi connectivity index (χ0v) is 13.7. The highest BCUT2D eigenvalue weighted by Gasteiger charge is 2.45. The molecule has 116 valence electrons. The van der Waals surface area contributed by atoms with Crippen LogP contribution in [0.1, 0.15) is 39.2 Å². The van der Waals surface area contributed by atoms with Crippen LogP contribution in [0.25, 0.3) is 0 Å². The molecule has 1 saturated carbocycles. The first-order valence-corrected chi connectivity index (χ1v) is 7.87. The Labute approximate surface area is 131 Å². The summed E-state index contributed by atoms with van der Waals surface area (Å²) in [6, 6.07) is 7.55. The molecule has 2 rings (SSSR count). The predicted octanol–water partition coefficient (Wildman–Crippen LogP) is 3.78. The molecule has 1 aromatic rings. The van der Waals surface area contributed by atoms with Crippen molar-refractivity contribution in [3.05, 3.63) is 34.9 Å². The van der Waals surface area contributed by atoms with E-state index >= 15 is 0 Å². The molecule has 3 unspecified atom stereocenters. The fourth-order valence-electron chi connectivity index (χ4n) is 3.15. The molecule has 0 saturated heterocycles. The fraction of sp³-hybridized carbons (Fsp3) is 0.588. The minimum Gasteiger partial charge on any atom is -0.461 e. The average molecular weight is 310 g/mol. The van der Waals surface area contributed by atoms with Crippen molar-refractivity contribution in [1.82, 2.24) is 0 Å². The first-order chi connectivity index (χ1) is 9.82. The lowest BCUT2D eigenvalue weighted by molar-refractivity contribution is -0.158. The highest BCUT2D eigenvalue weighted by Crippen LogP contribution is 2.44. The second-order valence-electron chi connectivity index (χ2n) is 6.64. The van der Waals surface area contributed by atoms with Crippen molar-refractivity contribution in [3.63, 3.8) is 0 Å². The lowest BCUT2D eigenvalue weighted by Gasteiger charge is -2.45. The molecule has 1 fully saturated rings. The number of nitrogens with two attached hydrogens (primary N) is 1. The van der Waals surface area contributed by atoms with Gasteiger partial charge in [0.25, 0.3) is 0 Å². The van der Waals surface area contributed by atoms with Gasteiger partial charge in [-0.05, 0) is 41.9 Å². The van der Waals surface area contributed by atoms with E-state index in [1.807, 2.05) is 18.2 Å². The molecule has 0 heterocycles. The van der Waals surface area contributed by atoms with Gasteiger partial charge in [0.05, 0.1) is 5.92 Å². The van der Waals surface area contributed by atoms with Crippen LogP contribution < -0.4 is 5.73 Å². The highest BCUT2D eigenvalue weighted by molar-refractivity contribution is 6.30. The van der Waals surface area contributed by atoms with Crippen LogP contribution in [-0.4, -0.2) is 12.0 Å². The van der Waals surface area contributed by atoms with Crippen LogP contribution in [0.5, 0.6) is 0 Å². The standard InChI is InChI=1S/C17H24ClNO2/c1-11-15(19)8-7-14(17(11,2)3)16(20)21-10-12-5-4-6-13(18)9-12/h4-6,9,11,14-15H,7-8,10,19H2,1-3H3. The number of ether oxygens (including phenoxy) is 1. The quantitative estimate of drug-likeness (QED) is 0.864. The Kier molecular flexibility index (Phi) is 4.95. The monoisotopic (exact) mass is 309 g/mol. The van der Waals surface area contributed by atoms with E-state index in [4.69, 9.17) is 22.1 Å². The topological polar surface area (TPSA) is 52.3 Å². The molecule has 0 amide bonds. The van der Waals surface area contributed by atoms with Crippen LogP contribution in [0.4, 0.5) is 0 Å². The van der Waals surface area contributed by atoms with Gasteiger partial charge in [-0.15, -0.1) is 0 Å². The Morgan fingerprint density at radius 1 is 1.43 bits per heavy atom. The molecule has 4 heteroatoms. The molecule has 0 bridgehead atoms. The lowest BCUT2D eigenvalue weighted by Crippen LogP contribution is -2.49. The number of hydrogen-bond donors (Lipinski definition) is 1. The average Bonchev–Trinajstić information content (AvgIpc) is 2.42. The van der Waals surface area contributed by atoms with Crippen molar-refractivity contribution >= 4 is 17.6 Å². The number of esters is 1. The number of carbonyl (C=O) groups excluding carboxylic acids is 1. The van der Waals surface area contributed by atoms with Crippen LogP contribution >= 0.6 is 11.6 Å². The summed E-state index contributed by atoms with van der Waals surface area (Å²) >= 11 is 5.93. The molecule has 0 aliphatic heterocycles. The molecule has 0 spiro atoms. The van der Waals surface area contributed by atoms with Crippen molar-refractivity contribution in [2.24, 2.45) is 23.0 Å². The Bertz CT molecular complexity index is 515. The number of halogens is 1. The van der Waals surface area contributed by atoms with Crippen molar-refractivity contribution in [2.45, 2.75) is 46.3 Å². The molecule has 0 aromatic heterocycles. The maximum atomic E-state index is 12.4. The van der Waals surface area contributed by atoms with Gasteiger partial charge in [-0.3, -0.25) is 4.79 Å². The van der Waals surface area contributed by atoms with Crippen molar-refractivity contribution in [3.8, 4) is 0 Å². The maximum absolute atomic E-state index is 12.4. The molecular formula is C17H24ClNO2. The summed E-state index contributed by atoms with van der Waals surface area (Å²) in [7, 11) is 0. The van der Waals surface area contributed by atoms with Crippen molar-refractivity contribution in [1.29, 1.82) is 0 Å². The Hall–Kier alpha value is -1.06. The SMILES string of the molecule is CC1C(N)CCC(C(=O)OCc2cccc(Cl)c2)C1(C)C. The number of carbonyl (C=O) groups is 1. The van der Waals surface area contributed by atoms with Gasteiger partial charge in [-0.1, -0.05) is 44.5 Å². The Balaban J connectivity index is 2.00. The maximum Gasteiger partial charge on any atom is 0.309 e. The molecule has 1 aromatic carbocycles. The van der Waals surface area contributed by atoms with Gasteiger partial charge in [0.15, 0.2) is 0 Å².